The van der Waals surface area contributed by atoms with Crippen LogP contribution in [0.25, 0.3) is 5.82 Å². The molecule has 24 heavy (non-hydrogen) atoms. The van der Waals surface area contributed by atoms with Crippen molar-refractivity contribution < 1.29 is 0 Å². The van der Waals surface area contributed by atoms with Crippen molar-refractivity contribution in [2.75, 3.05) is 23.3 Å². The van der Waals surface area contributed by atoms with E-state index in [1.807, 2.05) is 12.3 Å². The largest absolute Gasteiger partial charge is 0.377 e. The molecule has 2 aromatic heterocycles. The third-order valence-corrected chi connectivity index (χ3v) is 4.99. The molecule has 4 nitrogen and oxygen atoms in total. The maximum Gasteiger partial charge on any atom is 0.161 e. The highest BCUT2D eigenvalue weighted by Crippen LogP contribution is 2.30. The molecule has 2 aromatic rings. The molecular formula is C20H30N4. The predicted molar refractivity (Wildman–Crippen MR) is 102 cm³/mol. The van der Waals surface area contributed by atoms with Gasteiger partial charge < -0.3 is 10.2 Å². The van der Waals surface area contributed by atoms with Crippen LogP contribution in [0.2, 0.25) is 0 Å². The first-order chi connectivity index (χ1) is 11.5. The topological polar surface area (TPSA) is 33.1 Å². The Kier molecular flexibility index (Phi) is 4.83. The number of pyridine rings is 1. The number of hydrogen-bond donors (Lipinski definition) is 1. The molecule has 1 aliphatic rings. The van der Waals surface area contributed by atoms with Crippen LogP contribution in [0, 0.1) is 6.92 Å². The molecule has 0 bridgehead atoms. The Morgan fingerprint density at radius 1 is 1.21 bits per heavy atom. The highest BCUT2D eigenvalue weighted by molar-refractivity contribution is 5.62. The molecule has 0 spiro atoms. The lowest BCUT2D eigenvalue weighted by Crippen LogP contribution is -2.32. The van der Waals surface area contributed by atoms with E-state index < -0.39 is 0 Å². The van der Waals surface area contributed by atoms with E-state index in [-0.39, 0.29) is 5.54 Å². The normalized spacial score (nSPS) is 15.6. The summed E-state index contributed by atoms with van der Waals surface area (Å²) in [5, 5.41) is 3.67. The average molecular weight is 326 g/mol. The zero-order valence-corrected chi connectivity index (χ0v) is 15.5. The summed E-state index contributed by atoms with van der Waals surface area (Å²) in [6, 6.07) is 6.43. The van der Waals surface area contributed by atoms with E-state index in [1.165, 1.54) is 30.6 Å². The molecule has 1 aliphatic heterocycles. The van der Waals surface area contributed by atoms with Crippen molar-refractivity contribution in [1.29, 1.82) is 0 Å². The highest BCUT2D eigenvalue weighted by Gasteiger charge is 2.21. The van der Waals surface area contributed by atoms with Crippen LogP contribution in [0.15, 0.2) is 30.6 Å². The summed E-state index contributed by atoms with van der Waals surface area (Å²) in [4.78, 5) is 7.21. The van der Waals surface area contributed by atoms with Crippen LogP contribution in [0.1, 0.15) is 52.0 Å². The Morgan fingerprint density at radius 3 is 2.67 bits per heavy atom. The van der Waals surface area contributed by atoms with Crippen LogP contribution in [-0.4, -0.2) is 28.2 Å². The second-order valence-corrected chi connectivity index (χ2v) is 7.53. The van der Waals surface area contributed by atoms with Crippen molar-refractivity contribution in [1.82, 2.24) is 9.55 Å². The Hall–Kier alpha value is -1.97. The van der Waals surface area contributed by atoms with E-state index in [0.717, 1.165) is 31.0 Å². The van der Waals surface area contributed by atoms with Crippen LogP contribution >= 0.6 is 0 Å². The van der Waals surface area contributed by atoms with Gasteiger partial charge in [0.05, 0.1) is 5.69 Å². The first kappa shape index (κ1) is 16.9. The van der Waals surface area contributed by atoms with Crippen molar-refractivity contribution in [2.24, 2.45) is 0 Å². The van der Waals surface area contributed by atoms with Gasteiger partial charge in [0.25, 0.3) is 0 Å². The standard InChI is InChI=1S/C20H30N4/c1-5-20(3,4)22-17-10-9-11-21-19(17)24-15-16(2)14-18(24)23-12-7-6-8-13-23/h9-11,14-15,22H,5-8,12-13H2,1-4H3. The molecule has 0 atom stereocenters. The van der Waals surface area contributed by atoms with Crippen LogP contribution in [0.5, 0.6) is 0 Å². The summed E-state index contributed by atoms with van der Waals surface area (Å²) in [7, 11) is 0. The zero-order chi connectivity index (χ0) is 17.2. The van der Waals surface area contributed by atoms with Crippen molar-refractivity contribution in [3.63, 3.8) is 0 Å². The van der Waals surface area contributed by atoms with Crippen molar-refractivity contribution in [3.05, 3.63) is 36.2 Å². The summed E-state index contributed by atoms with van der Waals surface area (Å²) < 4.78 is 2.26. The number of rotatable bonds is 5. The molecule has 0 aliphatic carbocycles. The van der Waals surface area contributed by atoms with E-state index in [1.54, 1.807) is 0 Å². The van der Waals surface area contributed by atoms with Gasteiger partial charge in [-0.25, -0.2) is 4.98 Å². The SMILES string of the molecule is CCC(C)(C)Nc1cccnc1-n1cc(C)cc1N1CCCCC1. The van der Waals surface area contributed by atoms with Gasteiger partial charge in [0.1, 0.15) is 5.82 Å². The van der Waals surface area contributed by atoms with E-state index in [0.29, 0.717) is 0 Å². The average Bonchev–Trinajstić information content (AvgIpc) is 2.97. The van der Waals surface area contributed by atoms with Crippen LogP contribution in [-0.2, 0) is 0 Å². The molecule has 1 saturated heterocycles. The smallest absolute Gasteiger partial charge is 0.161 e. The van der Waals surface area contributed by atoms with Crippen LogP contribution in [0.3, 0.4) is 0 Å². The molecule has 1 N–H and O–H groups in total. The Bertz CT molecular complexity index is 681. The summed E-state index contributed by atoms with van der Waals surface area (Å²) in [6.45, 7) is 11.1. The lowest BCUT2D eigenvalue weighted by Gasteiger charge is -2.31. The van der Waals surface area contributed by atoms with Gasteiger partial charge >= 0.3 is 0 Å². The molecule has 0 radical (unpaired) electrons. The maximum atomic E-state index is 4.71. The molecule has 3 heterocycles. The molecular weight excluding hydrogens is 296 g/mol. The van der Waals surface area contributed by atoms with Gasteiger partial charge in [0.2, 0.25) is 0 Å². The van der Waals surface area contributed by atoms with Crippen LogP contribution < -0.4 is 10.2 Å². The van der Waals surface area contributed by atoms with E-state index >= 15 is 0 Å². The minimum Gasteiger partial charge on any atom is -0.377 e. The van der Waals surface area contributed by atoms with Crippen molar-refractivity contribution in [3.8, 4) is 5.82 Å². The van der Waals surface area contributed by atoms with Gasteiger partial charge in [0, 0.05) is 31.0 Å². The monoisotopic (exact) mass is 326 g/mol. The lowest BCUT2D eigenvalue weighted by atomic mass is 10.0. The lowest BCUT2D eigenvalue weighted by molar-refractivity contribution is 0.546. The van der Waals surface area contributed by atoms with Gasteiger partial charge in [-0.1, -0.05) is 6.92 Å². The van der Waals surface area contributed by atoms with Gasteiger partial charge in [-0.05, 0) is 70.2 Å². The molecule has 0 saturated carbocycles. The number of nitrogens with zero attached hydrogens (tertiary/aromatic N) is 3. The fourth-order valence-electron chi connectivity index (χ4n) is 3.26. The summed E-state index contributed by atoms with van der Waals surface area (Å²) >= 11 is 0. The van der Waals surface area contributed by atoms with Gasteiger partial charge in [-0.15, -0.1) is 0 Å². The van der Waals surface area contributed by atoms with Crippen LogP contribution in [0.4, 0.5) is 11.5 Å². The van der Waals surface area contributed by atoms with E-state index in [4.69, 9.17) is 4.98 Å². The Labute approximate surface area is 145 Å². The molecule has 4 heteroatoms. The fourth-order valence-corrected chi connectivity index (χ4v) is 3.26. The number of anilines is 2. The fraction of sp³-hybridized carbons (Fsp3) is 0.550. The number of piperidine rings is 1. The highest BCUT2D eigenvalue weighted by atomic mass is 15.3. The Morgan fingerprint density at radius 2 is 1.96 bits per heavy atom. The minimum absolute atomic E-state index is 0.0469. The van der Waals surface area contributed by atoms with Gasteiger partial charge in [-0.2, -0.15) is 0 Å². The van der Waals surface area contributed by atoms with Crippen molar-refractivity contribution >= 4 is 11.5 Å². The van der Waals surface area contributed by atoms with Gasteiger partial charge in [0.15, 0.2) is 5.82 Å². The first-order valence-corrected chi connectivity index (χ1v) is 9.18. The molecule has 3 rings (SSSR count). The summed E-state index contributed by atoms with van der Waals surface area (Å²) in [5.41, 5.74) is 2.42. The molecule has 130 valence electrons. The van der Waals surface area contributed by atoms with Gasteiger partial charge in [-0.3, -0.25) is 4.57 Å². The third-order valence-electron chi connectivity index (χ3n) is 4.99. The van der Waals surface area contributed by atoms with E-state index in [9.17, 15) is 0 Å². The maximum absolute atomic E-state index is 4.71. The molecule has 0 amide bonds. The predicted octanol–water partition coefficient (Wildman–Crippen LogP) is 4.77. The summed E-state index contributed by atoms with van der Waals surface area (Å²) in [5.74, 6) is 2.26. The number of aromatic nitrogens is 2. The molecule has 1 fully saturated rings. The second kappa shape index (κ2) is 6.88. The zero-order valence-electron chi connectivity index (χ0n) is 15.5. The number of nitrogens with one attached hydrogen (secondary N) is 1. The Balaban J connectivity index is 2.00. The van der Waals surface area contributed by atoms with Crippen molar-refractivity contribution in [2.45, 2.75) is 58.9 Å². The number of hydrogen-bond acceptors (Lipinski definition) is 3. The number of aryl methyl sites for hydroxylation is 1. The third kappa shape index (κ3) is 3.58. The summed E-state index contributed by atoms with van der Waals surface area (Å²) in [6.07, 6.45) is 9.05. The quantitative estimate of drug-likeness (QED) is 0.859. The second-order valence-electron chi connectivity index (χ2n) is 7.53. The molecule has 0 unspecified atom stereocenters. The molecule has 0 aromatic carbocycles. The van der Waals surface area contributed by atoms with E-state index in [2.05, 4.69) is 60.8 Å². The first-order valence-electron chi connectivity index (χ1n) is 9.18. The minimum atomic E-state index is 0.0469.